The van der Waals surface area contributed by atoms with Gasteiger partial charge in [-0.3, -0.25) is 4.79 Å². The Kier molecular flexibility index (Phi) is 9.50. The SMILES string of the molecule is CCC(CC)C(=O)N1CCCC(N(Cc2ccc(C(=O)OC)cc2)S(=O)(=O)c2ccc(OC)cc2)C1. The summed E-state index contributed by atoms with van der Waals surface area (Å²) in [6.07, 6.45) is 2.91. The average Bonchev–Trinajstić information content (AvgIpc) is 2.92. The Bertz CT molecular complexity index is 1130. The van der Waals surface area contributed by atoms with Crippen molar-refractivity contribution in [2.75, 3.05) is 27.3 Å². The standard InChI is InChI=1S/C27H36N2O6S/c1-5-21(6-2)26(30)28-17-7-8-23(19-28)29(18-20-9-11-22(12-10-20)27(31)35-4)36(32,33)25-15-13-24(34-3)14-16-25/h9-16,21,23H,5-8,17-19H2,1-4H3. The Morgan fingerprint density at radius 1 is 1.03 bits per heavy atom. The molecule has 0 radical (unpaired) electrons. The number of benzene rings is 2. The molecule has 1 unspecified atom stereocenters. The second-order valence-corrected chi connectivity index (χ2v) is 10.9. The number of carbonyl (C=O) groups is 2. The first-order valence-corrected chi connectivity index (χ1v) is 13.8. The van der Waals surface area contributed by atoms with Crippen LogP contribution in [0.15, 0.2) is 53.4 Å². The second-order valence-electron chi connectivity index (χ2n) is 9.01. The highest BCUT2D eigenvalue weighted by Gasteiger charge is 2.36. The number of likely N-dealkylation sites (tertiary alicyclic amines) is 1. The molecule has 8 nitrogen and oxygen atoms in total. The number of piperidine rings is 1. The van der Waals surface area contributed by atoms with Crippen molar-refractivity contribution < 1.29 is 27.5 Å². The number of sulfonamides is 1. The van der Waals surface area contributed by atoms with Crippen LogP contribution in [0.1, 0.15) is 55.5 Å². The zero-order valence-corrected chi connectivity index (χ0v) is 22.3. The zero-order valence-electron chi connectivity index (χ0n) is 21.5. The lowest BCUT2D eigenvalue weighted by atomic mass is 9.98. The van der Waals surface area contributed by atoms with Crippen molar-refractivity contribution in [1.29, 1.82) is 0 Å². The van der Waals surface area contributed by atoms with Crippen LogP contribution in [0.5, 0.6) is 5.75 Å². The monoisotopic (exact) mass is 516 g/mol. The van der Waals surface area contributed by atoms with Crippen LogP contribution < -0.4 is 4.74 Å². The first-order chi connectivity index (χ1) is 17.2. The van der Waals surface area contributed by atoms with E-state index in [2.05, 4.69) is 0 Å². The maximum absolute atomic E-state index is 13.9. The minimum absolute atomic E-state index is 0.0544. The molecule has 0 bridgehead atoms. The van der Waals surface area contributed by atoms with Gasteiger partial charge in [0.15, 0.2) is 0 Å². The minimum atomic E-state index is -3.89. The molecule has 3 rings (SSSR count). The van der Waals surface area contributed by atoms with Crippen molar-refractivity contribution in [2.24, 2.45) is 5.92 Å². The molecule has 1 amide bonds. The van der Waals surface area contributed by atoms with Crippen LogP contribution in [0.3, 0.4) is 0 Å². The lowest BCUT2D eigenvalue weighted by Crippen LogP contribution is -2.52. The van der Waals surface area contributed by atoms with Gasteiger partial charge in [0.05, 0.1) is 24.7 Å². The summed E-state index contributed by atoms with van der Waals surface area (Å²) in [5, 5.41) is 0. The maximum Gasteiger partial charge on any atom is 0.337 e. The molecule has 1 aliphatic rings. The Labute approximate surface area is 214 Å². The van der Waals surface area contributed by atoms with Crippen LogP contribution in [-0.4, -0.2) is 62.9 Å². The molecule has 1 fully saturated rings. The largest absolute Gasteiger partial charge is 0.497 e. The lowest BCUT2D eigenvalue weighted by Gasteiger charge is -2.39. The molecule has 1 saturated heterocycles. The van der Waals surface area contributed by atoms with E-state index < -0.39 is 16.0 Å². The number of rotatable bonds is 10. The molecule has 2 aromatic rings. The number of amides is 1. The van der Waals surface area contributed by atoms with Crippen molar-refractivity contribution in [1.82, 2.24) is 9.21 Å². The number of nitrogens with zero attached hydrogens (tertiary/aromatic N) is 2. The number of methoxy groups -OCH3 is 2. The van der Waals surface area contributed by atoms with Crippen LogP contribution >= 0.6 is 0 Å². The van der Waals surface area contributed by atoms with Gasteiger partial charge in [0.1, 0.15) is 5.75 Å². The Morgan fingerprint density at radius 2 is 1.67 bits per heavy atom. The van der Waals surface area contributed by atoms with E-state index >= 15 is 0 Å². The van der Waals surface area contributed by atoms with Crippen molar-refractivity contribution in [2.45, 2.75) is 57.0 Å². The van der Waals surface area contributed by atoms with Gasteiger partial charge in [-0.2, -0.15) is 4.31 Å². The predicted octanol–water partition coefficient (Wildman–Crippen LogP) is 4.10. The third kappa shape index (κ3) is 6.25. The zero-order chi connectivity index (χ0) is 26.3. The fourth-order valence-corrected chi connectivity index (χ4v) is 6.26. The molecule has 9 heteroatoms. The van der Waals surface area contributed by atoms with Gasteiger partial charge in [0.2, 0.25) is 15.9 Å². The van der Waals surface area contributed by atoms with E-state index in [1.165, 1.54) is 30.7 Å². The summed E-state index contributed by atoms with van der Waals surface area (Å²) in [4.78, 5) is 26.9. The van der Waals surface area contributed by atoms with Crippen molar-refractivity contribution in [3.8, 4) is 5.75 Å². The van der Waals surface area contributed by atoms with Gasteiger partial charge < -0.3 is 14.4 Å². The van der Waals surface area contributed by atoms with Gasteiger partial charge in [0.25, 0.3) is 0 Å². The molecule has 0 spiro atoms. The van der Waals surface area contributed by atoms with E-state index in [-0.39, 0.29) is 29.3 Å². The maximum atomic E-state index is 13.9. The number of esters is 1. The van der Waals surface area contributed by atoms with Crippen molar-refractivity contribution in [3.63, 3.8) is 0 Å². The van der Waals surface area contributed by atoms with Gasteiger partial charge in [-0.1, -0.05) is 26.0 Å². The summed E-state index contributed by atoms with van der Waals surface area (Å²) in [5.74, 6) is 0.154. The summed E-state index contributed by atoms with van der Waals surface area (Å²) >= 11 is 0. The quantitative estimate of drug-likeness (QED) is 0.442. The van der Waals surface area contributed by atoms with Crippen molar-refractivity contribution in [3.05, 3.63) is 59.7 Å². The summed E-state index contributed by atoms with van der Waals surface area (Å²) in [5.41, 5.74) is 1.13. The Morgan fingerprint density at radius 3 is 2.22 bits per heavy atom. The van der Waals surface area contributed by atoms with E-state index in [1.807, 2.05) is 18.7 Å². The van der Waals surface area contributed by atoms with Crippen LogP contribution in [0, 0.1) is 5.92 Å². The highest BCUT2D eigenvalue weighted by molar-refractivity contribution is 7.89. The summed E-state index contributed by atoms with van der Waals surface area (Å²) in [6, 6.07) is 12.7. The molecule has 196 valence electrons. The molecular weight excluding hydrogens is 480 g/mol. The van der Waals surface area contributed by atoms with Crippen LogP contribution in [0.25, 0.3) is 0 Å². The fourth-order valence-electron chi connectivity index (χ4n) is 4.62. The first-order valence-electron chi connectivity index (χ1n) is 12.4. The highest BCUT2D eigenvalue weighted by atomic mass is 32.2. The second kappa shape index (κ2) is 12.4. The molecule has 36 heavy (non-hydrogen) atoms. The predicted molar refractivity (Wildman–Crippen MR) is 137 cm³/mol. The summed E-state index contributed by atoms with van der Waals surface area (Å²) in [6.45, 7) is 5.12. The topological polar surface area (TPSA) is 93.2 Å². The normalized spacial score (nSPS) is 16.3. The van der Waals surface area contributed by atoms with E-state index in [1.54, 1.807) is 36.4 Å². The third-order valence-electron chi connectivity index (χ3n) is 6.83. The highest BCUT2D eigenvalue weighted by Crippen LogP contribution is 2.28. The first kappa shape index (κ1) is 27.7. The van der Waals surface area contributed by atoms with E-state index in [0.29, 0.717) is 30.8 Å². The molecule has 0 aliphatic carbocycles. The van der Waals surface area contributed by atoms with E-state index in [4.69, 9.17) is 9.47 Å². The average molecular weight is 517 g/mol. The molecule has 0 aromatic heterocycles. The molecule has 1 aliphatic heterocycles. The van der Waals surface area contributed by atoms with Crippen LogP contribution in [0.4, 0.5) is 0 Å². The van der Waals surface area contributed by atoms with Gasteiger partial charge in [0, 0.05) is 31.6 Å². The van der Waals surface area contributed by atoms with Gasteiger partial charge in [-0.15, -0.1) is 0 Å². The van der Waals surface area contributed by atoms with E-state index in [0.717, 1.165) is 24.8 Å². The molecule has 1 atom stereocenters. The summed E-state index contributed by atoms with van der Waals surface area (Å²) < 4.78 is 39.2. The number of hydrogen-bond donors (Lipinski definition) is 0. The molecule has 0 saturated carbocycles. The fraction of sp³-hybridized carbons (Fsp3) is 0.481. The molecule has 2 aromatic carbocycles. The van der Waals surface area contributed by atoms with E-state index in [9.17, 15) is 18.0 Å². The molecular formula is C27H36N2O6S. The van der Waals surface area contributed by atoms with Gasteiger partial charge >= 0.3 is 5.97 Å². The third-order valence-corrected chi connectivity index (χ3v) is 8.74. The van der Waals surface area contributed by atoms with Gasteiger partial charge in [-0.25, -0.2) is 13.2 Å². The Balaban J connectivity index is 1.94. The van der Waals surface area contributed by atoms with Crippen LogP contribution in [-0.2, 0) is 26.1 Å². The number of ether oxygens (including phenoxy) is 2. The smallest absolute Gasteiger partial charge is 0.337 e. The minimum Gasteiger partial charge on any atom is -0.497 e. The molecule has 1 heterocycles. The lowest BCUT2D eigenvalue weighted by molar-refractivity contribution is -0.137. The number of carbonyl (C=O) groups excluding carboxylic acids is 2. The Hall–Kier alpha value is -2.91. The van der Waals surface area contributed by atoms with Crippen LogP contribution in [0.2, 0.25) is 0 Å². The molecule has 0 N–H and O–H groups in total. The number of hydrogen-bond acceptors (Lipinski definition) is 6. The van der Waals surface area contributed by atoms with Crippen molar-refractivity contribution >= 4 is 21.9 Å². The van der Waals surface area contributed by atoms with Gasteiger partial charge in [-0.05, 0) is 67.6 Å². The summed E-state index contributed by atoms with van der Waals surface area (Å²) in [7, 11) is -1.04.